The standard InChI is InChI=1S/C14H22O/c1-5-12-8-9-13(14(12,3)4)7-6-11(2)10-15/h6-8,10-11,13H,5,9H2,1-4H3. The number of hydrogen-bond acceptors (Lipinski definition) is 1. The molecule has 15 heavy (non-hydrogen) atoms. The monoisotopic (exact) mass is 206 g/mol. The van der Waals surface area contributed by atoms with E-state index in [-0.39, 0.29) is 11.3 Å². The molecule has 1 rings (SSSR count). The van der Waals surface area contributed by atoms with Gasteiger partial charge in [0.25, 0.3) is 0 Å². The van der Waals surface area contributed by atoms with Gasteiger partial charge >= 0.3 is 0 Å². The summed E-state index contributed by atoms with van der Waals surface area (Å²) in [6.45, 7) is 8.75. The lowest BCUT2D eigenvalue weighted by Gasteiger charge is -2.28. The second kappa shape index (κ2) is 4.78. The molecule has 0 aromatic carbocycles. The van der Waals surface area contributed by atoms with Crippen LogP contribution in [0.25, 0.3) is 0 Å². The van der Waals surface area contributed by atoms with Crippen molar-refractivity contribution >= 4 is 6.29 Å². The molecule has 0 saturated heterocycles. The van der Waals surface area contributed by atoms with Crippen molar-refractivity contribution in [3.63, 3.8) is 0 Å². The fourth-order valence-electron chi connectivity index (χ4n) is 2.34. The lowest BCUT2D eigenvalue weighted by atomic mass is 9.76. The molecule has 0 amide bonds. The molecule has 1 aliphatic carbocycles. The number of rotatable bonds is 4. The van der Waals surface area contributed by atoms with Gasteiger partial charge in [-0.3, -0.25) is 0 Å². The maximum atomic E-state index is 10.5. The first kappa shape index (κ1) is 12.2. The second-order valence-corrected chi connectivity index (χ2v) is 5.03. The van der Waals surface area contributed by atoms with Crippen LogP contribution in [0, 0.1) is 17.3 Å². The van der Waals surface area contributed by atoms with Crippen LogP contribution >= 0.6 is 0 Å². The van der Waals surface area contributed by atoms with Crippen LogP contribution in [0.1, 0.15) is 40.5 Å². The average molecular weight is 206 g/mol. The Bertz CT molecular complexity index is 284. The minimum atomic E-state index is 0.0477. The fraction of sp³-hybridized carbons (Fsp3) is 0.643. The topological polar surface area (TPSA) is 17.1 Å². The molecular weight excluding hydrogens is 184 g/mol. The molecule has 0 saturated carbocycles. The largest absolute Gasteiger partial charge is 0.303 e. The van der Waals surface area contributed by atoms with Gasteiger partial charge in [0.15, 0.2) is 0 Å². The Balaban J connectivity index is 2.68. The molecular formula is C14H22O. The smallest absolute Gasteiger partial charge is 0.126 e. The molecule has 0 aliphatic heterocycles. The molecule has 0 spiro atoms. The van der Waals surface area contributed by atoms with Gasteiger partial charge in [0.2, 0.25) is 0 Å². The Labute approximate surface area is 93.3 Å². The van der Waals surface area contributed by atoms with Gasteiger partial charge in [0.1, 0.15) is 6.29 Å². The quantitative estimate of drug-likeness (QED) is 0.505. The van der Waals surface area contributed by atoms with Gasteiger partial charge in [-0.05, 0) is 24.2 Å². The van der Waals surface area contributed by atoms with Gasteiger partial charge < -0.3 is 4.79 Å². The minimum Gasteiger partial charge on any atom is -0.303 e. The molecule has 84 valence electrons. The molecule has 0 radical (unpaired) electrons. The first-order valence-corrected chi connectivity index (χ1v) is 5.85. The summed E-state index contributed by atoms with van der Waals surface area (Å²) in [5.74, 6) is 0.612. The Morgan fingerprint density at radius 3 is 2.73 bits per heavy atom. The van der Waals surface area contributed by atoms with Crippen molar-refractivity contribution in [2.24, 2.45) is 17.3 Å². The number of carbonyl (C=O) groups is 1. The molecule has 0 aromatic heterocycles. The Kier molecular flexibility index (Phi) is 3.90. The molecule has 0 heterocycles. The van der Waals surface area contributed by atoms with E-state index in [0.717, 1.165) is 19.1 Å². The third-order valence-corrected chi connectivity index (χ3v) is 3.62. The Morgan fingerprint density at radius 1 is 1.60 bits per heavy atom. The van der Waals surface area contributed by atoms with Crippen LogP contribution < -0.4 is 0 Å². The highest BCUT2D eigenvalue weighted by Gasteiger charge is 2.34. The SMILES string of the molecule is CCC1=CCC(C=CC(C)C=O)C1(C)C. The van der Waals surface area contributed by atoms with Crippen molar-refractivity contribution in [1.82, 2.24) is 0 Å². The Morgan fingerprint density at radius 2 is 2.27 bits per heavy atom. The normalized spacial score (nSPS) is 26.7. The molecule has 0 bridgehead atoms. The van der Waals surface area contributed by atoms with E-state index >= 15 is 0 Å². The summed E-state index contributed by atoms with van der Waals surface area (Å²) in [5, 5.41) is 0. The predicted octanol–water partition coefficient (Wildman–Crippen LogP) is 3.76. The molecule has 0 fully saturated rings. The van der Waals surface area contributed by atoms with Gasteiger partial charge in [-0.25, -0.2) is 0 Å². The zero-order chi connectivity index (χ0) is 11.5. The maximum absolute atomic E-state index is 10.5. The number of carbonyl (C=O) groups excluding carboxylic acids is 1. The van der Waals surface area contributed by atoms with E-state index in [1.165, 1.54) is 0 Å². The van der Waals surface area contributed by atoms with Crippen molar-refractivity contribution in [3.8, 4) is 0 Å². The summed E-state index contributed by atoms with van der Waals surface area (Å²) >= 11 is 0. The third-order valence-electron chi connectivity index (χ3n) is 3.62. The highest BCUT2D eigenvalue weighted by atomic mass is 16.1. The number of aldehydes is 1. The minimum absolute atomic E-state index is 0.0477. The summed E-state index contributed by atoms with van der Waals surface area (Å²) in [6.07, 6.45) is 9.87. The van der Waals surface area contributed by atoms with E-state index < -0.39 is 0 Å². The number of hydrogen-bond donors (Lipinski definition) is 0. The van der Waals surface area contributed by atoms with Gasteiger partial charge in [0.05, 0.1) is 0 Å². The van der Waals surface area contributed by atoms with Crippen LogP contribution in [-0.2, 0) is 4.79 Å². The fourth-order valence-corrected chi connectivity index (χ4v) is 2.34. The Hall–Kier alpha value is -0.850. The van der Waals surface area contributed by atoms with Crippen LogP contribution in [0.15, 0.2) is 23.8 Å². The lowest BCUT2D eigenvalue weighted by molar-refractivity contribution is -0.109. The van der Waals surface area contributed by atoms with E-state index in [9.17, 15) is 4.79 Å². The second-order valence-electron chi connectivity index (χ2n) is 5.03. The highest BCUT2D eigenvalue weighted by molar-refractivity contribution is 5.55. The van der Waals surface area contributed by atoms with Gasteiger partial charge in [-0.15, -0.1) is 0 Å². The van der Waals surface area contributed by atoms with Crippen LogP contribution in [-0.4, -0.2) is 6.29 Å². The summed E-state index contributed by atoms with van der Waals surface area (Å²) in [4.78, 5) is 10.5. The predicted molar refractivity (Wildman–Crippen MR) is 64.6 cm³/mol. The van der Waals surface area contributed by atoms with Gasteiger partial charge in [-0.1, -0.05) is 51.5 Å². The average Bonchev–Trinajstić information content (AvgIpc) is 2.49. The zero-order valence-electron chi connectivity index (χ0n) is 10.3. The highest BCUT2D eigenvalue weighted by Crippen LogP contribution is 2.45. The van der Waals surface area contributed by atoms with E-state index in [0.29, 0.717) is 5.92 Å². The molecule has 1 aliphatic rings. The first-order valence-electron chi connectivity index (χ1n) is 5.85. The van der Waals surface area contributed by atoms with E-state index in [1.807, 2.05) is 13.0 Å². The molecule has 0 N–H and O–H groups in total. The van der Waals surface area contributed by atoms with Crippen LogP contribution in [0.2, 0.25) is 0 Å². The van der Waals surface area contributed by atoms with E-state index in [2.05, 4.69) is 32.9 Å². The summed E-state index contributed by atoms with van der Waals surface area (Å²) in [7, 11) is 0. The molecule has 2 unspecified atom stereocenters. The van der Waals surface area contributed by atoms with Crippen LogP contribution in [0.3, 0.4) is 0 Å². The van der Waals surface area contributed by atoms with E-state index in [1.54, 1.807) is 5.57 Å². The van der Waals surface area contributed by atoms with Crippen molar-refractivity contribution in [3.05, 3.63) is 23.8 Å². The third kappa shape index (κ3) is 2.58. The lowest BCUT2D eigenvalue weighted by Crippen LogP contribution is -2.19. The van der Waals surface area contributed by atoms with Crippen molar-refractivity contribution < 1.29 is 4.79 Å². The molecule has 1 heteroatoms. The van der Waals surface area contributed by atoms with Crippen molar-refractivity contribution in [1.29, 1.82) is 0 Å². The first-order chi connectivity index (χ1) is 7.02. The molecule has 1 nitrogen and oxygen atoms in total. The van der Waals surface area contributed by atoms with E-state index in [4.69, 9.17) is 0 Å². The van der Waals surface area contributed by atoms with Gasteiger partial charge in [-0.2, -0.15) is 0 Å². The zero-order valence-corrected chi connectivity index (χ0v) is 10.3. The number of allylic oxidation sites excluding steroid dienone is 4. The summed E-state index contributed by atoms with van der Waals surface area (Å²) in [5.41, 5.74) is 1.82. The van der Waals surface area contributed by atoms with Crippen LogP contribution in [0.5, 0.6) is 0 Å². The molecule has 2 atom stereocenters. The van der Waals surface area contributed by atoms with Gasteiger partial charge in [0, 0.05) is 5.92 Å². The van der Waals surface area contributed by atoms with Crippen molar-refractivity contribution in [2.75, 3.05) is 0 Å². The maximum Gasteiger partial charge on any atom is 0.126 e. The van der Waals surface area contributed by atoms with Crippen LogP contribution in [0.4, 0.5) is 0 Å². The summed E-state index contributed by atoms with van der Waals surface area (Å²) in [6, 6.07) is 0. The van der Waals surface area contributed by atoms with Crippen molar-refractivity contribution in [2.45, 2.75) is 40.5 Å². The molecule has 0 aromatic rings. The summed E-state index contributed by atoms with van der Waals surface area (Å²) < 4.78 is 0.